The lowest BCUT2D eigenvalue weighted by atomic mass is 9.85. The number of piperidine rings is 1. The lowest BCUT2D eigenvalue weighted by molar-refractivity contribution is 0.0671. The van der Waals surface area contributed by atoms with Crippen molar-refractivity contribution in [3.05, 3.63) is 33.8 Å². The van der Waals surface area contributed by atoms with Gasteiger partial charge in [-0.05, 0) is 68.5 Å². The topological polar surface area (TPSA) is 32.3 Å². The molecule has 2 heterocycles. The van der Waals surface area contributed by atoms with Crippen molar-refractivity contribution in [3.8, 4) is 0 Å². The molecule has 1 aromatic carbocycles. The molecule has 0 bridgehead atoms. The van der Waals surface area contributed by atoms with Crippen LogP contribution in [0.2, 0.25) is 0 Å². The number of halogens is 1. The van der Waals surface area contributed by atoms with Crippen LogP contribution in [-0.2, 0) is 5.41 Å². The van der Waals surface area contributed by atoms with E-state index in [9.17, 15) is 4.79 Å². The number of nitrogens with one attached hydrogen (secondary N) is 1. The van der Waals surface area contributed by atoms with E-state index >= 15 is 0 Å². The molecule has 1 aliphatic carbocycles. The molecule has 2 aliphatic heterocycles. The molecular formula is C17H21BrN2O. The molecule has 112 valence electrons. The number of fused-ring (bicyclic) bond motifs is 2. The molecule has 4 heteroatoms. The summed E-state index contributed by atoms with van der Waals surface area (Å²) in [6.45, 7) is 4.03. The average molecular weight is 349 g/mol. The second-order valence-electron chi connectivity index (χ2n) is 6.87. The van der Waals surface area contributed by atoms with Crippen molar-refractivity contribution in [3.63, 3.8) is 0 Å². The predicted octanol–water partition coefficient (Wildman–Crippen LogP) is 2.94. The fourth-order valence-electron chi connectivity index (χ4n) is 3.95. The van der Waals surface area contributed by atoms with E-state index in [1.54, 1.807) is 0 Å². The Morgan fingerprint density at radius 1 is 1.38 bits per heavy atom. The highest BCUT2D eigenvalue weighted by Gasteiger charge is 2.51. The molecule has 1 saturated carbocycles. The van der Waals surface area contributed by atoms with Gasteiger partial charge in [-0.3, -0.25) is 4.79 Å². The van der Waals surface area contributed by atoms with Gasteiger partial charge in [-0.15, -0.1) is 0 Å². The maximum absolute atomic E-state index is 12.8. The van der Waals surface area contributed by atoms with Crippen LogP contribution in [0.1, 0.15) is 41.6 Å². The smallest absolute Gasteiger partial charge is 0.254 e. The lowest BCUT2D eigenvalue weighted by Gasteiger charge is -2.37. The molecule has 3 aliphatic rings. The molecular weight excluding hydrogens is 328 g/mol. The number of amides is 1. The highest BCUT2D eigenvalue weighted by atomic mass is 79.9. The van der Waals surface area contributed by atoms with Crippen LogP contribution in [0.4, 0.5) is 0 Å². The van der Waals surface area contributed by atoms with Crippen molar-refractivity contribution in [2.75, 3.05) is 26.2 Å². The molecule has 3 nitrogen and oxygen atoms in total. The Labute approximate surface area is 134 Å². The first kappa shape index (κ1) is 13.8. The Balaban J connectivity index is 1.61. The third-order valence-electron chi connectivity index (χ3n) is 5.30. The summed E-state index contributed by atoms with van der Waals surface area (Å²) >= 11 is 3.55. The molecule has 1 aromatic rings. The summed E-state index contributed by atoms with van der Waals surface area (Å²) < 4.78 is 1.09. The van der Waals surface area contributed by atoms with E-state index in [0.717, 1.165) is 36.2 Å². The quantitative estimate of drug-likeness (QED) is 0.891. The second-order valence-corrected chi connectivity index (χ2v) is 7.78. The molecule has 0 aromatic heterocycles. The third-order valence-corrected chi connectivity index (χ3v) is 5.79. The van der Waals surface area contributed by atoms with Crippen molar-refractivity contribution in [2.45, 2.75) is 31.1 Å². The van der Waals surface area contributed by atoms with Gasteiger partial charge in [0.25, 0.3) is 5.91 Å². The first-order valence-electron chi connectivity index (χ1n) is 7.98. The number of hydrogen-bond donors (Lipinski definition) is 1. The van der Waals surface area contributed by atoms with Gasteiger partial charge in [0.2, 0.25) is 0 Å². The Morgan fingerprint density at radius 2 is 2.24 bits per heavy atom. The van der Waals surface area contributed by atoms with Crippen LogP contribution >= 0.6 is 15.9 Å². The number of carbonyl (C=O) groups excluding carboxylic acids is 1. The summed E-state index contributed by atoms with van der Waals surface area (Å²) in [6, 6.07) is 6.17. The Bertz CT molecular complexity index is 576. The van der Waals surface area contributed by atoms with Gasteiger partial charge < -0.3 is 10.2 Å². The van der Waals surface area contributed by atoms with Gasteiger partial charge >= 0.3 is 0 Å². The fraction of sp³-hybridized carbons (Fsp3) is 0.588. The van der Waals surface area contributed by atoms with Gasteiger partial charge in [-0.25, -0.2) is 0 Å². The minimum atomic E-state index is 0.237. The number of nitrogens with zero attached hydrogens (tertiary/aromatic N) is 1. The molecule has 1 spiro atoms. The first-order chi connectivity index (χ1) is 10.2. The molecule has 0 radical (unpaired) electrons. The van der Waals surface area contributed by atoms with E-state index in [-0.39, 0.29) is 11.3 Å². The number of benzene rings is 1. The van der Waals surface area contributed by atoms with Gasteiger partial charge in [0.1, 0.15) is 0 Å². The van der Waals surface area contributed by atoms with Crippen LogP contribution in [-0.4, -0.2) is 37.0 Å². The molecule has 2 fully saturated rings. The zero-order valence-electron chi connectivity index (χ0n) is 12.2. The Hall–Kier alpha value is -0.870. The van der Waals surface area contributed by atoms with Crippen molar-refractivity contribution < 1.29 is 4.79 Å². The molecule has 4 rings (SSSR count). The van der Waals surface area contributed by atoms with Gasteiger partial charge in [-0.2, -0.15) is 0 Å². The van der Waals surface area contributed by atoms with E-state index in [0.29, 0.717) is 5.92 Å². The number of carbonyl (C=O) groups is 1. The van der Waals surface area contributed by atoms with Crippen LogP contribution in [0.25, 0.3) is 0 Å². The Morgan fingerprint density at radius 3 is 2.95 bits per heavy atom. The number of hydrogen-bond acceptors (Lipinski definition) is 2. The minimum absolute atomic E-state index is 0.237. The first-order valence-corrected chi connectivity index (χ1v) is 8.77. The van der Waals surface area contributed by atoms with E-state index in [2.05, 4.69) is 32.2 Å². The average Bonchev–Trinajstić information content (AvgIpc) is 3.26. The maximum atomic E-state index is 12.8. The zero-order chi connectivity index (χ0) is 14.4. The minimum Gasteiger partial charge on any atom is -0.337 e. The highest BCUT2D eigenvalue weighted by molar-refractivity contribution is 9.10. The zero-order valence-corrected chi connectivity index (χ0v) is 13.8. The van der Waals surface area contributed by atoms with Gasteiger partial charge in [0.05, 0.1) is 0 Å². The summed E-state index contributed by atoms with van der Waals surface area (Å²) in [7, 11) is 0. The van der Waals surface area contributed by atoms with Crippen LogP contribution < -0.4 is 5.32 Å². The van der Waals surface area contributed by atoms with E-state index in [4.69, 9.17) is 0 Å². The molecule has 1 saturated heterocycles. The molecule has 1 amide bonds. The van der Waals surface area contributed by atoms with E-state index in [1.807, 2.05) is 12.1 Å². The summed E-state index contributed by atoms with van der Waals surface area (Å²) in [4.78, 5) is 14.9. The van der Waals surface area contributed by atoms with E-state index in [1.165, 1.54) is 31.2 Å². The monoisotopic (exact) mass is 348 g/mol. The van der Waals surface area contributed by atoms with Gasteiger partial charge in [-0.1, -0.05) is 15.9 Å². The van der Waals surface area contributed by atoms with Crippen LogP contribution in [0.5, 0.6) is 0 Å². The SMILES string of the molecule is O=C1c2ccc(Br)cc2C2(CC2)CN1CC1CCCNC1. The molecule has 21 heavy (non-hydrogen) atoms. The van der Waals surface area contributed by atoms with Crippen LogP contribution in [0, 0.1) is 5.92 Å². The molecule has 1 unspecified atom stereocenters. The number of rotatable bonds is 2. The van der Waals surface area contributed by atoms with Crippen LogP contribution in [0.15, 0.2) is 22.7 Å². The Kier molecular flexibility index (Phi) is 3.34. The lowest BCUT2D eigenvalue weighted by Crippen LogP contribution is -2.47. The van der Waals surface area contributed by atoms with Crippen molar-refractivity contribution in [2.24, 2.45) is 5.92 Å². The van der Waals surface area contributed by atoms with Gasteiger partial charge in [0.15, 0.2) is 0 Å². The summed E-state index contributed by atoms with van der Waals surface area (Å²) in [5.41, 5.74) is 2.47. The van der Waals surface area contributed by atoms with E-state index < -0.39 is 0 Å². The maximum Gasteiger partial charge on any atom is 0.254 e. The predicted molar refractivity (Wildman–Crippen MR) is 86.6 cm³/mol. The second kappa shape index (κ2) is 5.10. The largest absolute Gasteiger partial charge is 0.337 e. The fourth-order valence-corrected chi connectivity index (χ4v) is 4.31. The normalized spacial score (nSPS) is 26.8. The highest BCUT2D eigenvalue weighted by Crippen LogP contribution is 2.52. The standard InChI is InChI=1S/C17H21BrN2O/c18-13-3-4-14-15(8-13)17(5-6-17)11-20(16(14)21)10-12-2-1-7-19-9-12/h3-4,8,12,19H,1-2,5-7,9-11H2. The molecule has 1 N–H and O–H groups in total. The van der Waals surface area contributed by atoms with Crippen LogP contribution in [0.3, 0.4) is 0 Å². The third kappa shape index (κ3) is 2.42. The summed E-state index contributed by atoms with van der Waals surface area (Å²) in [6.07, 6.45) is 4.94. The van der Waals surface area contributed by atoms with Crippen molar-refractivity contribution in [1.29, 1.82) is 0 Å². The van der Waals surface area contributed by atoms with Crippen molar-refractivity contribution >= 4 is 21.8 Å². The summed E-state index contributed by atoms with van der Waals surface area (Å²) in [5, 5.41) is 3.46. The molecule has 1 atom stereocenters. The van der Waals surface area contributed by atoms with Crippen molar-refractivity contribution in [1.82, 2.24) is 10.2 Å². The summed E-state index contributed by atoms with van der Waals surface area (Å²) in [5.74, 6) is 0.857. The van der Waals surface area contributed by atoms with Gasteiger partial charge in [0, 0.05) is 28.5 Å².